The molecule has 3 aromatic carbocycles. The van der Waals surface area contributed by atoms with Gasteiger partial charge in [-0.05, 0) is 42.0 Å². The van der Waals surface area contributed by atoms with E-state index in [0.29, 0.717) is 11.4 Å². The highest BCUT2D eigenvalue weighted by Gasteiger charge is 2.18. The molecule has 3 aromatic rings. The van der Waals surface area contributed by atoms with Gasteiger partial charge in [0.25, 0.3) is 0 Å². The Balaban J connectivity index is 1.75. The Hall–Kier alpha value is -1.68. The highest BCUT2D eigenvalue weighted by molar-refractivity contribution is 8.13. The van der Waals surface area contributed by atoms with Gasteiger partial charge in [0.2, 0.25) is 0 Å². The highest BCUT2D eigenvalue weighted by atomic mass is 35.5. The van der Waals surface area contributed by atoms with Gasteiger partial charge in [0.15, 0.2) is 5.12 Å². The lowest BCUT2D eigenvalue weighted by Crippen LogP contribution is -2.01. The Bertz CT molecular complexity index is 804. The third-order valence-electron chi connectivity index (χ3n) is 3.59. The molecule has 0 aliphatic carbocycles. The Morgan fingerprint density at radius 3 is 1.96 bits per heavy atom. The molecule has 0 heterocycles. The fourth-order valence-corrected chi connectivity index (χ4v) is 4.59. The van der Waals surface area contributed by atoms with Crippen molar-refractivity contribution in [2.45, 2.75) is 21.5 Å². The van der Waals surface area contributed by atoms with Crippen molar-refractivity contribution in [1.29, 1.82) is 0 Å². The molecule has 0 aromatic heterocycles. The van der Waals surface area contributed by atoms with E-state index in [1.54, 1.807) is 11.8 Å². The molecule has 0 saturated heterocycles. The summed E-state index contributed by atoms with van der Waals surface area (Å²) in [5.74, 6) is 0. The Labute approximate surface area is 161 Å². The third kappa shape index (κ3) is 5.67. The summed E-state index contributed by atoms with van der Waals surface area (Å²) < 4.78 is 0. The second-order valence-corrected chi connectivity index (χ2v) is 8.31. The minimum Gasteiger partial charge on any atom is -0.287 e. The summed E-state index contributed by atoms with van der Waals surface area (Å²) in [6, 6.07) is 27.7. The van der Waals surface area contributed by atoms with Crippen LogP contribution in [0.5, 0.6) is 0 Å². The summed E-state index contributed by atoms with van der Waals surface area (Å²) in [4.78, 5) is 14.7. The quantitative estimate of drug-likeness (QED) is 0.431. The maximum Gasteiger partial charge on any atom is 0.195 e. The second kappa shape index (κ2) is 9.14. The van der Waals surface area contributed by atoms with Crippen LogP contribution in [0.2, 0.25) is 5.02 Å². The number of rotatable bonds is 6. The molecule has 0 saturated carbocycles. The molecule has 1 nitrogen and oxygen atoms in total. The first-order chi connectivity index (χ1) is 12.2. The average molecular weight is 385 g/mol. The van der Waals surface area contributed by atoms with Crippen molar-refractivity contribution in [3.63, 3.8) is 0 Å². The zero-order chi connectivity index (χ0) is 17.5. The Morgan fingerprint density at radius 2 is 1.36 bits per heavy atom. The van der Waals surface area contributed by atoms with Crippen LogP contribution in [-0.2, 0) is 4.79 Å². The molecule has 0 N–H and O–H groups in total. The first-order valence-corrected chi connectivity index (χ1v) is 10.0. The normalized spacial score (nSPS) is 11.9. The third-order valence-corrected chi connectivity index (χ3v) is 6.01. The van der Waals surface area contributed by atoms with E-state index in [1.165, 1.54) is 11.8 Å². The molecule has 0 bridgehead atoms. The van der Waals surface area contributed by atoms with E-state index in [1.807, 2.05) is 72.8 Å². The first kappa shape index (κ1) is 18.1. The van der Waals surface area contributed by atoms with Crippen molar-refractivity contribution >= 4 is 40.2 Å². The van der Waals surface area contributed by atoms with Crippen molar-refractivity contribution in [1.82, 2.24) is 0 Å². The van der Waals surface area contributed by atoms with Gasteiger partial charge in [-0.1, -0.05) is 71.9 Å². The fraction of sp³-hybridized carbons (Fsp3) is 0.0952. The van der Waals surface area contributed by atoms with E-state index in [0.717, 1.165) is 15.4 Å². The standard InChI is InChI=1S/C21H17ClOS2/c22-17-13-11-16(12-14-17)20(24-18-7-3-1-4-8-18)15-21(23)25-19-9-5-2-6-10-19/h1-14,20H,15H2. The van der Waals surface area contributed by atoms with Crippen LogP contribution in [0.3, 0.4) is 0 Å². The summed E-state index contributed by atoms with van der Waals surface area (Å²) in [7, 11) is 0. The number of carbonyl (C=O) groups excluding carboxylic acids is 1. The minimum absolute atomic E-state index is 0.0587. The largest absolute Gasteiger partial charge is 0.287 e. The molecular weight excluding hydrogens is 368 g/mol. The molecule has 1 atom stereocenters. The molecule has 0 fully saturated rings. The number of carbonyl (C=O) groups is 1. The van der Waals surface area contributed by atoms with Crippen LogP contribution in [0.4, 0.5) is 0 Å². The van der Waals surface area contributed by atoms with Crippen molar-refractivity contribution in [3.05, 3.63) is 95.5 Å². The summed E-state index contributed by atoms with van der Waals surface area (Å²) >= 11 is 9.02. The molecule has 3 rings (SSSR count). The molecule has 0 amide bonds. The summed E-state index contributed by atoms with van der Waals surface area (Å²) in [6.45, 7) is 0. The lowest BCUT2D eigenvalue weighted by molar-refractivity contribution is -0.111. The lowest BCUT2D eigenvalue weighted by Gasteiger charge is -2.16. The van der Waals surface area contributed by atoms with Crippen LogP contribution in [0.15, 0.2) is 94.7 Å². The van der Waals surface area contributed by atoms with Gasteiger partial charge in [0.1, 0.15) is 0 Å². The van der Waals surface area contributed by atoms with Crippen molar-refractivity contribution < 1.29 is 4.79 Å². The predicted octanol–water partition coefficient (Wildman–Crippen LogP) is 6.88. The van der Waals surface area contributed by atoms with E-state index >= 15 is 0 Å². The number of hydrogen-bond acceptors (Lipinski definition) is 3. The van der Waals surface area contributed by atoms with Gasteiger partial charge in [-0.3, -0.25) is 4.79 Å². The maximum absolute atomic E-state index is 12.6. The second-order valence-electron chi connectivity index (χ2n) is 5.46. The minimum atomic E-state index is 0.0587. The van der Waals surface area contributed by atoms with Gasteiger partial charge in [0, 0.05) is 26.5 Å². The topological polar surface area (TPSA) is 17.1 Å². The molecule has 25 heavy (non-hydrogen) atoms. The summed E-state index contributed by atoms with van der Waals surface area (Å²) in [5, 5.41) is 0.926. The smallest absolute Gasteiger partial charge is 0.195 e. The molecular formula is C21H17ClOS2. The van der Waals surface area contributed by atoms with Gasteiger partial charge in [-0.25, -0.2) is 0 Å². The highest BCUT2D eigenvalue weighted by Crippen LogP contribution is 2.39. The van der Waals surface area contributed by atoms with E-state index < -0.39 is 0 Å². The van der Waals surface area contributed by atoms with Crippen molar-refractivity contribution in [3.8, 4) is 0 Å². The van der Waals surface area contributed by atoms with E-state index in [4.69, 9.17) is 11.6 Å². The van der Waals surface area contributed by atoms with E-state index in [9.17, 15) is 4.79 Å². The maximum atomic E-state index is 12.6. The SMILES string of the molecule is O=C(CC(Sc1ccccc1)c1ccc(Cl)cc1)Sc1ccccc1. The fourth-order valence-electron chi connectivity index (χ4n) is 2.38. The number of benzene rings is 3. The molecule has 0 aliphatic heterocycles. The Morgan fingerprint density at radius 1 is 0.800 bits per heavy atom. The van der Waals surface area contributed by atoms with Gasteiger partial charge < -0.3 is 0 Å². The lowest BCUT2D eigenvalue weighted by atomic mass is 10.1. The molecule has 0 aliphatic rings. The molecule has 126 valence electrons. The van der Waals surface area contributed by atoms with Gasteiger partial charge in [-0.2, -0.15) is 0 Å². The molecule has 0 spiro atoms. The molecule has 1 unspecified atom stereocenters. The van der Waals surface area contributed by atoms with Gasteiger partial charge in [0.05, 0.1) is 0 Å². The van der Waals surface area contributed by atoms with E-state index in [-0.39, 0.29) is 10.4 Å². The van der Waals surface area contributed by atoms with Crippen LogP contribution in [0.1, 0.15) is 17.2 Å². The monoisotopic (exact) mass is 384 g/mol. The summed E-state index contributed by atoms with van der Waals surface area (Å²) in [5.41, 5.74) is 1.11. The average Bonchev–Trinajstić information content (AvgIpc) is 2.63. The zero-order valence-corrected chi connectivity index (χ0v) is 15.9. The number of thioether (sulfide) groups is 2. The molecule has 0 radical (unpaired) electrons. The summed E-state index contributed by atoms with van der Waals surface area (Å²) in [6.07, 6.45) is 0.459. The van der Waals surface area contributed by atoms with Crippen LogP contribution in [-0.4, -0.2) is 5.12 Å². The van der Waals surface area contributed by atoms with Crippen molar-refractivity contribution in [2.24, 2.45) is 0 Å². The Kier molecular flexibility index (Phi) is 6.62. The zero-order valence-electron chi connectivity index (χ0n) is 13.5. The van der Waals surface area contributed by atoms with E-state index in [2.05, 4.69) is 12.1 Å². The first-order valence-electron chi connectivity index (χ1n) is 7.93. The van der Waals surface area contributed by atoms with Crippen LogP contribution in [0.25, 0.3) is 0 Å². The van der Waals surface area contributed by atoms with Crippen LogP contribution < -0.4 is 0 Å². The van der Waals surface area contributed by atoms with Crippen LogP contribution >= 0.6 is 35.1 Å². The predicted molar refractivity (Wildman–Crippen MR) is 108 cm³/mol. The van der Waals surface area contributed by atoms with Crippen molar-refractivity contribution in [2.75, 3.05) is 0 Å². The number of halogens is 1. The number of hydrogen-bond donors (Lipinski definition) is 0. The van der Waals surface area contributed by atoms with Crippen LogP contribution in [0, 0.1) is 0 Å². The van der Waals surface area contributed by atoms with Gasteiger partial charge >= 0.3 is 0 Å². The van der Waals surface area contributed by atoms with Gasteiger partial charge in [-0.15, -0.1) is 11.8 Å². The molecule has 4 heteroatoms.